The zero-order valence-corrected chi connectivity index (χ0v) is 18.8. The highest BCUT2D eigenvalue weighted by Crippen LogP contribution is 2.30. The van der Waals surface area contributed by atoms with E-state index in [1.165, 1.54) is 12.1 Å². The van der Waals surface area contributed by atoms with E-state index in [0.29, 0.717) is 17.9 Å². The van der Waals surface area contributed by atoms with Crippen molar-refractivity contribution in [1.29, 1.82) is 0 Å². The molecule has 1 saturated heterocycles. The van der Waals surface area contributed by atoms with E-state index in [1.807, 2.05) is 26.0 Å². The van der Waals surface area contributed by atoms with Gasteiger partial charge in [0.05, 0.1) is 10.7 Å². The molecule has 0 aromatic heterocycles. The first-order chi connectivity index (χ1) is 15.8. The summed E-state index contributed by atoms with van der Waals surface area (Å²) in [5, 5.41) is 2.42. The molecule has 0 unspecified atom stereocenters. The van der Waals surface area contributed by atoms with Gasteiger partial charge in [-0.3, -0.25) is 14.9 Å². The number of anilines is 1. The van der Waals surface area contributed by atoms with Gasteiger partial charge in [0.2, 0.25) is 0 Å². The second-order valence-electron chi connectivity index (χ2n) is 7.73. The molecule has 7 heteroatoms. The minimum atomic E-state index is -0.852. The number of barbiturate groups is 1. The van der Waals surface area contributed by atoms with Crippen molar-refractivity contribution in [2.45, 2.75) is 20.5 Å². The summed E-state index contributed by atoms with van der Waals surface area (Å²) in [6.07, 6.45) is 1.42. The summed E-state index contributed by atoms with van der Waals surface area (Å²) in [5.74, 6) is -1.04. The van der Waals surface area contributed by atoms with E-state index in [0.717, 1.165) is 21.6 Å². The van der Waals surface area contributed by atoms with E-state index in [2.05, 4.69) is 11.4 Å². The van der Waals surface area contributed by atoms with Crippen LogP contribution in [0.15, 0.2) is 72.3 Å². The lowest BCUT2D eigenvalue weighted by atomic mass is 10.1. The molecule has 0 atom stereocenters. The van der Waals surface area contributed by atoms with Crippen LogP contribution < -0.4 is 15.0 Å². The average Bonchev–Trinajstić information content (AvgIpc) is 2.76. The Bertz CT molecular complexity index is 1280. The lowest BCUT2D eigenvalue weighted by Crippen LogP contribution is -2.54. The Morgan fingerprint density at radius 3 is 2.33 bits per heavy atom. The zero-order valence-electron chi connectivity index (χ0n) is 18.1. The summed E-state index contributed by atoms with van der Waals surface area (Å²) in [4.78, 5) is 38.9. The van der Waals surface area contributed by atoms with Gasteiger partial charge in [-0.2, -0.15) is 0 Å². The minimum absolute atomic E-state index is 0.194. The lowest BCUT2D eigenvalue weighted by molar-refractivity contribution is -0.122. The topological polar surface area (TPSA) is 75.7 Å². The Labute approximate surface area is 196 Å². The fraction of sp³-hybridized carbons (Fsp3) is 0.115. The van der Waals surface area contributed by atoms with Gasteiger partial charge >= 0.3 is 6.03 Å². The highest BCUT2D eigenvalue weighted by molar-refractivity contribution is 6.42. The van der Waals surface area contributed by atoms with Gasteiger partial charge in [0.25, 0.3) is 11.8 Å². The van der Waals surface area contributed by atoms with Crippen LogP contribution in [-0.4, -0.2) is 17.8 Å². The van der Waals surface area contributed by atoms with Gasteiger partial charge < -0.3 is 4.74 Å². The van der Waals surface area contributed by atoms with E-state index >= 15 is 0 Å². The highest BCUT2D eigenvalue weighted by atomic mass is 35.5. The van der Waals surface area contributed by atoms with Crippen molar-refractivity contribution in [1.82, 2.24) is 5.32 Å². The third-order valence-electron chi connectivity index (χ3n) is 5.09. The molecule has 0 radical (unpaired) electrons. The molecule has 0 bridgehead atoms. The summed E-state index contributed by atoms with van der Waals surface area (Å²) in [6.45, 7) is 4.37. The first kappa shape index (κ1) is 22.3. The molecule has 1 N–H and O–H groups in total. The lowest BCUT2D eigenvalue weighted by Gasteiger charge is -2.27. The second-order valence-corrected chi connectivity index (χ2v) is 8.14. The fourth-order valence-corrected chi connectivity index (χ4v) is 3.93. The number of ether oxygens (including phenoxy) is 1. The summed E-state index contributed by atoms with van der Waals surface area (Å²) in [5.41, 5.74) is 3.82. The van der Waals surface area contributed by atoms with Crippen molar-refractivity contribution in [2.75, 3.05) is 4.90 Å². The Balaban J connectivity index is 1.65. The average molecular weight is 461 g/mol. The van der Waals surface area contributed by atoms with Crippen molar-refractivity contribution < 1.29 is 19.1 Å². The van der Waals surface area contributed by atoms with E-state index in [4.69, 9.17) is 16.3 Å². The van der Waals surface area contributed by atoms with Crippen LogP contribution in [-0.2, 0) is 16.2 Å². The molecule has 0 spiro atoms. The van der Waals surface area contributed by atoms with Crippen LogP contribution in [0.5, 0.6) is 5.75 Å². The molecule has 0 aliphatic carbocycles. The molecule has 1 aliphatic heterocycles. The zero-order chi connectivity index (χ0) is 23.5. The summed E-state index contributed by atoms with van der Waals surface area (Å²) < 4.78 is 6.01. The molecular formula is C26H21ClN2O4. The summed E-state index contributed by atoms with van der Waals surface area (Å²) in [6, 6.07) is 18.8. The number of nitrogens with zero attached hydrogens (tertiary/aromatic N) is 1. The Kier molecular flexibility index (Phi) is 6.29. The van der Waals surface area contributed by atoms with Crippen LogP contribution in [0.2, 0.25) is 5.02 Å². The van der Waals surface area contributed by atoms with Crippen LogP contribution in [0.25, 0.3) is 6.08 Å². The number of hydrogen-bond acceptors (Lipinski definition) is 4. The summed E-state index contributed by atoms with van der Waals surface area (Å²) >= 11 is 6.18. The predicted octanol–water partition coefficient (Wildman–Crippen LogP) is 5.20. The van der Waals surface area contributed by atoms with Crippen LogP contribution >= 0.6 is 11.6 Å². The molecular weight excluding hydrogens is 440 g/mol. The smallest absolute Gasteiger partial charge is 0.335 e. The Morgan fingerprint density at radius 1 is 0.939 bits per heavy atom. The van der Waals surface area contributed by atoms with Crippen LogP contribution in [0, 0.1) is 13.8 Å². The van der Waals surface area contributed by atoms with Crippen molar-refractivity contribution in [2.24, 2.45) is 0 Å². The van der Waals surface area contributed by atoms with Gasteiger partial charge in [0.15, 0.2) is 0 Å². The molecule has 33 heavy (non-hydrogen) atoms. The third-order valence-corrected chi connectivity index (χ3v) is 5.41. The number of para-hydroxylation sites is 2. The molecule has 4 amide bonds. The maximum absolute atomic E-state index is 13.1. The first-order valence-electron chi connectivity index (χ1n) is 10.3. The number of aryl methyl sites for hydroxylation is 2. The normalized spacial score (nSPS) is 15.1. The van der Waals surface area contributed by atoms with Crippen molar-refractivity contribution in [3.8, 4) is 5.75 Å². The van der Waals surface area contributed by atoms with E-state index < -0.39 is 17.8 Å². The van der Waals surface area contributed by atoms with Crippen LogP contribution in [0.3, 0.4) is 0 Å². The van der Waals surface area contributed by atoms with Crippen LogP contribution in [0.1, 0.15) is 22.3 Å². The van der Waals surface area contributed by atoms with Gasteiger partial charge in [0, 0.05) is 5.56 Å². The molecule has 0 saturated carbocycles. The van der Waals surface area contributed by atoms with Crippen LogP contribution in [0.4, 0.5) is 10.5 Å². The van der Waals surface area contributed by atoms with Gasteiger partial charge in [-0.25, -0.2) is 9.69 Å². The van der Waals surface area contributed by atoms with Gasteiger partial charge in [0.1, 0.15) is 17.9 Å². The number of hydrogen-bond donors (Lipinski definition) is 1. The standard InChI is InChI=1S/C26H21ClN2O4/c1-16-11-17(2)13-18(12-16)15-33-23-10-6-3-7-19(23)14-20-24(30)28-26(32)29(25(20)31)22-9-5-4-8-21(22)27/h3-14H,15H2,1-2H3,(H,28,30,32)/b20-14+. The maximum Gasteiger partial charge on any atom is 0.335 e. The van der Waals surface area contributed by atoms with Gasteiger partial charge in [-0.15, -0.1) is 0 Å². The monoisotopic (exact) mass is 460 g/mol. The minimum Gasteiger partial charge on any atom is -0.488 e. The second kappa shape index (κ2) is 9.30. The Hall–Kier alpha value is -3.90. The van der Waals surface area contributed by atoms with Gasteiger partial charge in [-0.05, 0) is 43.7 Å². The number of halogens is 1. The number of nitrogens with one attached hydrogen (secondary N) is 1. The number of carbonyl (C=O) groups excluding carboxylic acids is 3. The molecule has 166 valence electrons. The predicted molar refractivity (Wildman–Crippen MR) is 127 cm³/mol. The number of benzene rings is 3. The van der Waals surface area contributed by atoms with E-state index in [1.54, 1.807) is 42.5 Å². The molecule has 4 rings (SSSR count). The highest BCUT2D eigenvalue weighted by Gasteiger charge is 2.37. The van der Waals surface area contributed by atoms with Crippen molar-refractivity contribution in [3.05, 3.63) is 99.6 Å². The molecule has 1 aliphatic rings. The van der Waals surface area contributed by atoms with E-state index in [-0.39, 0.29) is 16.3 Å². The maximum atomic E-state index is 13.1. The third kappa shape index (κ3) is 4.81. The number of amides is 4. The van der Waals surface area contributed by atoms with Crippen molar-refractivity contribution in [3.63, 3.8) is 0 Å². The molecule has 3 aromatic carbocycles. The number of imide groups is 2. The quantitative estimate of drug-likeness (QED) is 0.419. The molecule has 6 nitrogen and oxygen atoms in total. The number of rotatable bonds is 5. The SMILES string of the molecule is Cc1cc(C)cc(COc2ccccc2/C=C2\C(=O)NC(=O)N(c3ccccc3Cl)C2=O)c1. The first-order valence-corrected chi connectivity index (χ1v) is 10.7. The largest absolute Gasteiger partial charge is 0.488 e. The molecule has 1 fully saturated rings. The molecule has 1 heterocycles. The van der Waals surface area contributed by atoms with E-state index in [9.17, 15) is 14.4 Å². The number of carbonyl (C=O) groups is 3. The van der Waals surface area contributed by atoms with Crippen molar-refractivity contribution >= 4 is 41.2 Å². The molecule has 3 aromatic rings. The Morgan fingerprint density at radius 2 is 1.61 bits per heavy atom. The summed E-state index contributed by atoms with van der Waals surface area (Å²) in [7, 11) is 0. The number of urea groups is 1. The van der Waals surface area contributed by atoms with Gasteiger partial charge in [-0.1, -0.05) is 71.3 Å². The fourth-order valence-electron chi connectivity index (χ4n) is 3.71.